The Morgan fingerprint density at radius 3 is 2.67 bits per heavy atom. The van der Waals surface area contributed by atoms with Gasteiger partial charge in [-0.1, -0.05) is 6.92 Å². The Balaban J connectivity index is 2.49. The van der Waals surface area contributed by atoms with E-state index in [1.165, 1.54) is 18.4 Å². The number of ether oxygens (including phenoxy) is 1. The Morgan fingerprint density at radius 2 is 2.11 bits per heavy atom. The lowest BCUT2D eigenvalue weighted by Gasteiger charge is -2.13. The fourth-order valence-corrected chi connectivity index (χ4v) is 2.48. The Labute approximate surface area is 110 Å². The van der Waals surface area contributed by atoms with Gasteiger partial charge in [0.15, 0.2) is 0 Å². The lowest BCUT2D eigenvalue weighted by atomic mass is 10.2. The van der Waals surface area contributed by atoms with Gasteiger partial charge in [0.2, 0.25) is 0 Å². The first kappa shape index (κ1) is 14.7. The Kier molecular flexibility index (Phi) is 5.80. The van der Waals surface area contributed by atoms with E-state index in [4.69, 9.17) is 5.11 Å². The van der Waals surface area contributed by atoms with E-state index in [-0.39, 0.29) is 18.4 Å². The van der Waals surface area contributed by atoms with Crippen LogP contribution in [0, 0.1) is 0 Å². The Morgan fingerprint density at radius 1 is 1.44 bits per heavy atom. The maximum Gasteiger partial charge on any atom is 0.322 e. The van der Waals surface area contributed by atoms with E-state index in [2.05, 4.69) is 10.1 Å². The highest BCUT2D eigenvalue weighted by atomic mass is 32.1. The van der Waals surface area contributed by atoms with Gasteiger partial charge < -0.3 is 9.84 Å². The van der Waals surface area contributed by atoms with Crippen LogP contribution >= 0.6 is 11.3 Å². The van der Waals surface area contributed by atoms with Crippen molar-refractivity contribution in [3.63, 3.8) is 0 Å². The number of methoxy groups -OCH3 is 1. The van der Waals surface area contributed by atoms with Crippen molar-refractivity contribution in [2.24, 2.45) is 0 Å². The van der Waals surface area contributed by atoms with Crippen LogP contribution in [-0.4, -0.2) is 30.2 Å². The second-order valence-electron chi connectivity index (χ2n) is 3.80. The molecule has 0 aromatic carbocycles. The number of hydrogen-bond donors (Lipinski definition) is 2. The topological polar surface area (TPSA) is 75.6 Å². The van der Waals surface area contributed by atoms with Gasteiger partial charge >= 0.3 is 11.9 Å². The number of aliphatic carboxylic acids is 1. The summed E-state index contributed by atoms with van der Waals surface area (Å²) < 4.78 is 4.67. The molecule has 1 atom stereocenters. The predicted molar refractivity (Wildman–Crippen MR) is 68.6 cm³/mol. The third-order valence-electron chi connectivity index (χ3n) is 2.46. The molecule has 0 aliphatic rings. The van der Waals surface area contributed by atoms with Crippen LogP contribution in [0.4, 0.5) is 0 Å². The van der Waals surface area contributed by atoms with Crippen molar-refractivity contribution in [3.05, 3.63) is 21.9 Å². The van der Waals surface area contributed by atoms with Gasteiger partial charge in [0.1, 0.15) is 6.04 Å². The van der Waals surface area contributed by atoms with Crippen LogP contribution in [0.1, 0.15) is 23.1 Å². The van der Waals surface area contributed by atoms with E-state index >= 15 is 0 Å². The number of nitrogens with one attached hydrogen (secondary N) is 1. The lowest BCUT2D eigenvalue weighted by molar-refractivity contribution is -0.143. The second kappa shape index (κ2) is 7.13. The maximum absolute atomic E-state index is 11.4. The normalized spacial score (nSPS) is 12.1. The van der Waals surface area contributed by atoms with Crippen LogP contribution in [0.5, 0.6) is 0 Å². The molecule has 100 valence electrons. The van der Waals surface area contributed by atoms with Crippen molar-refractivity contribution in [1.29, 1.82) is 0 Å². The average Bonchev–Trinajstić information content (AvgIpc) is 2.76. The van der Waals surface area contributed by atoms with E-state index < -0.39 is 5.97 Å². The molecular weight excluding hydrogens is 254 g/mol. The molecule has 0 bridgehead atoms. The van der Waals surface area contributed by atoms with Crippen molar-refractivity contribution in [3.8, 4) is 0 Å². The quantitative estimate of drug-likeness (QED) is 0.733. The lowest BCUT2D eigenvalue weighted by Crippen LogP contribution is -2.36. The monoisotopic (exact) mass is 271 g/mol. The Hall–Kier alpha value is -1.40. The zero-order chi connectivity index (χ0) is 13.5. The third-order valence-corrected chi connectivity index (χ3v) is 3.54. The zero-order valence-electron chi connectivity index (χ0n) is 10.4. The number of carboxylic acid groups (broad SMARTS) is 1. The van der Waals surface area contributed by atoms with Crippen molar-refractivity contribution < 1.29 is 19.4 Å². The van der Waals surface area contributed by atoms with Gasteiger partial charge in [-0.3, -0.25) is 14.9 Å². The molecule has 1 aromatic rings. The van der Waals surface area contributed by atoms with Gasteiger partial charge in [0, 0.05) is 16.3 Å². The molecule has 5 nitrogen and oxygen atoms in total. The summed E-state index contributed by atoms with van der Waals surface area (Å²) in [4.78, 5) is 23.7. The summed E-state index contributed by atoms with van der Waals surface area (Å²) >= 11 is 1.44. The summed E-state index contributed by atoms with van der Waals surface area (Å²) in [5, 5.41) is 11.8. The average molecular weight is 271 g/mol. The molecule has 6 heteroatoms. The van der Waals surface area contributed by atoms with Crippen molar-refractivity contribution in [2.75, 3.05) is 7.11 Å². The van der Waals surface area contributed by atoms with Crippen LogP contribution in [0.25, 0.3) is 0 Å². The van der Waals surface area contributed by atoms with Crippen molar-refractivity contribution in [2.45, 2.75) is 32.4 Å². The van der Waals surface area contributed by atoms with Crippen LogP contribution in [-0.2, 0) is 27.3 Å². The summed E-state index contributed by atoms with van der Waals surface area (Å²) in [6.45, 7) is 2.44. The minimum Gasteiger partial charge on any atom is -0.481 e. The molecule has 1 rings (SSSR count). The minimum absolute atomic E-state index is 0.0406. The Bertz CT molecular complexity index is 416. The molecule has 18 heavy (non-hydrogen) atoms. The molecule has 0 radical (unpaired) electrons. The van der Waals surface area contributed by atoms with Gasteiger partial charge in [-0.2, -0.15) is 0 Å². The molecule has 1 heterocycles. The number of carbonyl (C=O) groups is 2. The highest BCUT2D eigenvalue weighted by Gasteiger charge is 2.16. The summed E-state index contributed by atoms with van der Waals surface area (Å²) in [7, 11) is 1.36. The summed E-state index contributed by atoms with van der Waals surface area (Å²) in [5.74, 6) is -1.11. The first-order valence-corrected chi connectivity index (χ1v) is 6.49. The van der Waals surface area contributed by atoms with Crippen molar-refractivity contribution in [1.82, 2.24) is 5.32 Å². The maximum atomic E-state index is 11.4. The molecule has 0 aliphatic carbocycles. The van der Waals surface area contributed by atoms with Gasteiger partial charge in [0.05, 0.1) is 13.5 Å². The number of hydrogen-bond acceptors (Lipinski definition) is 5. The molecule has 2 N–H and O–H groups in total. The molecule has 0 fully saturated rings. The van der Waals surface area contributed by atoms with Crippen LogP contribution < -0.4 is 5.32 Å². The van der Waals surface area contributed by atoms with E-state index in [1.54, 1.807) is 6.07 Å². The summed E-state index contributed by atoms with van der Waals surface area (Å²) in [5.41, 5.74) is 0. The standard InChI is InChI=1S/C12H17NO4S/c1-3-10(12(16)17-2)13-7-9-5-4-8(18-9)6-11(14)15/h4-5,10,13H,3,6-7H2,1-2H3,(H,14,15). The van der Waals surface area contributed by atoms with E-state index in [1.807, 2.05) is 13.0 Å². The fourth-order valence-electron chi connectivity index (χ4n) is 1.52. The molecule has 0 saturated carbocycles. The molecule has 1 unspecified atom stereocenters. The first-order valence-electron chi connectivity index (χ1n) is 5.67. The number of thiophene rings is 1. The van der Waals surface area contributed by atoms with E-state index in [9.17, 15) is 9.59 Å². The summed E-state index contributed by atoms with van der Waals surface area (Å²) in [6, 6.07) is 3.36. The molecule has 1 aromatic heterocycles. The number of esters is 1. The van der Waals surface area contributed by atoms with Gasteiger partial charge in [-0.15, -0.1) is 11.3 Å². The van der Waals surface area contributed by atoms with Gasteiger partial charge in [0.25, 0.3) is 0 Å². The van der Waals surface area contributed by atoms with Crippen LogP contribution in [0.3, 0.4) is 0 Å². The summed E-state index contributed by atoms with van der Waals surface area (Å²) in [6.07, 6.45) is 0.693. The van der Waals surface area contributed by atoms with Gasteiger partial charge in [-0.05, 0) is 18.6 Å². The van der Waals surface area contributed by atoms with Crippen LogP contribution in [0.2, 0.25) is 0 Å². The van der Waals surface area contributed by atoms with E-state index in [0.717, 1.165) is 9.75 Å². The largest absolute Gasteiger partial charge is 0.481 e. The first-order chi connectivity index (χ1) is 8.56. The molecule has 0 spiro atoms. The second-order valence-corrected chi connectivity index (χ2v) is 5.06. The molecule has 0 saturated heterocycles. The van der Waals surface area contributed by atoms with E-state index in [0.29, 0.717) is 13.0 Å². The highest BCUT2D eigenvalue weighted by Crippen LogP contribution is 2.17. The van der Waals surface area contributed by atoms with Gasteiger partial charge in [-0.25, -0.2) is 0 Å². The number of rotatable bonds is 7. The number of carbonyl (C=O) groups excluding carboxylic acids is 1. The van der Waals surface area contributed by atoms with Crippen LogP contribution in [0.15, 0.2) is 12.1 Å². The smallest absolute Gasteiger partial charge is 0.322 e. The highest BCUT2D eigenvalue weighted by molar-refractivity contribution is 7.12. The SMILES string of the molecule is CCC(NCc1ccc(CC(=O)O)s1)C(=O)OC. The third kappa shape index (κ3) is 4.46. The molecule has 0 aliphatic heterocycles. The zero-order valence-corrected chi connectivity index (χ0v) is 11.3. The predicted octanol–water partition coefficient (Wildman–Crippen LogP) is 1.42. The van der Waals surface area contributed by atoms with Crippen molar-refractivity contribution >= 4 is 23.3 Å². The molecule has 0 amide bonds. The fraction of sp³-hybridized carbons (Fsp3) is 0.500. The molecular formula is C12H17NO4S. The number of carboxylic acids is 1. The minimum atomic E-state index is -0.836.